The fourth-order valence-electron chi connectivity index (χ4n) is 2.72. The summed E-state index contributed by atoms with van der Waals surface area (Å²) in [6.45, 7) is 6.79. The van der Waals surface area contributed by atoms with Gasteiger partial charge in [0.2, 0.25) is 11.8 Å². The zero-order valence-electron chi connectivity index (χ0n) is 14.7. The van der Waals surface area contributed by atoms with E-state index in [0.29, 0.717) is 31.7 Å². The zero-order valence-corrected chi connectivity index (χ0v) is 14.7. The molecule has 2 aromatic heterocycles. The molecule has 6 heteroatoms. The van der Waals surface area contributed by atoms with E-state index in [0.717, 1.165) is 24.2 Å². The van der Waals surface area contributed by atoms with E-state index in [-0.39, 0.29) is 11.9 Å². The van der Waals surface area contributed by atoms with Crippen LogP contribution in [0.3, 0.4) is 0 Å². The van der Waals surface area contributed by atoms with Crippen LogP contribution >= 0.6 is 0 Å². The normalized spacial score (nSPS) is 12.1. The maximum atomic E-state index is 12.5. The Labute approximate surface area is 143 Å². The summed E-state index contributed by atoms with van der Waals surface area (Å²) in [6, 6.07) is 3.92. The van der Waals surface area contributed by atoms with Crippen molar-refractivity contribution >= 4 is 5.91 Å². The molecular formula is C18H26N4O2. The highest BCUT2D eigenvalue weighted by Gasteiger charge is 2.20. The first-order valence-corrected chi connectivity index (χ1v) is 8.66. The van der Waals surface area contributed by atoms with Gasteiger partial charge in [-0.1, -0.05) is 18.1 Å². The lowest BCUT2D eigenvalue weighted by atomic mass is 10.1. The van der Waals surface area contributed by atoms with Gasteiger partial charge in [-0.25, -0.2) is 0 Å². The third kappa shape index (κ3) is 4.88. The molecule has 1 amide bonds. The van der Waals surface area contributed by atoms with Gasteiger partial charge in [0, 0.05) is 38.2 Å². The van der Waals surface area contributed by atoms with Crippen LogP contribution in [0.4, 0.5) is 0 Å². The first kappa shape index (κ1) is 18.1. The number of carbonyl (C=O) groups is 1. The van der Waals surface area contributed by atoms with E-state index >= 15 is 0 Å². The summed E-state index contributed by atoms with van der Waals surface area (Å²) in [7, 11) is 0. The molecular weight excluding hydrogens is 304 g/mol. The van der Waals surface area contributed by atoms with Crippen molar-refractivity contribution in [2.24, 2.45) is 0 Å². The van der Waals surface area contributed by atoms with Crippen LogP contribution in [0.2, 0.25) is 0 Å². The van der Waals surface area contributed by atoms with Crippen LogP contribution in [-0.4, -0.2) is 32.5 Å². The van der Waals surface area contributed by atoms with E-state index in [1.807, 2.05) is 37.1 Å². The van der Waals surface area contributed by atoms with Crippen LogP contribution in [0.1, 0.15) is 63.4 Å². The zero-order chi connectivity index (χ0) is 17.4. The number of nitrogens with zero attached hydrogens (tertiary/aromatic N) is 4. The number of hydrogen-bond acceptors (Lipinski definition) is 5. The molecule has 0 aromatic carbocycles. The summed E-state index contributed by atoms with van der Waals surface area (Å²) in [5, 5.41) is 3.93. The van der Waals surface area contributed by atoms with Crippen LogP contribution in [0.15, 0.2) is 29.0 Å². The van der Waals surface area contributed by atoms with Crippen molar-refractivity contribution in [2.75, 3.05) is 6.54 Å². The number of amides is 1. The molecule has 2 heterocycles. The second kappa shape index (κ2) is 9.15. The summed E-state index contributed by atoms with van der Waals surface area (Å²) in [6.07, 6.45) is 7.21. The Bertz CT molecular complexity index is 627. The van der Waals surface area contributed by atoms with Crippen molar-refractivity contribution in [2.45, 2.75) is 58.9 Å². The molecule has 0 saturated heterocycles. The lowest BCUT2D eigenvalue weighted by Gasteiger charge is -2.28. The van der Waals surface area contributed by atoms with Crippen molar-refractivity contribution in [1.82, 2.24) is 20.0 Å². The Morgan fingerprint density at radius 2 is 2.17 bits per heavy atom. The number of aromatic nitrogens is 3. The predicted octanol–water partition coefficient (Wildman–Crippen LogP) is 3.35. The molecule has 0 N–H and O–H groups in total. The van der Waals surface area contributed by atoms with Gasteiger partial charge >= 0.3 is 0 Å². The molecule has 0 bridgehead atoms. The molecule has 2 aromatic rings. The lowest BCUT2D eigenvalue weighted by molar-refractivity contribution is -0.133. The van der Waals surface area contributed by atoms with Crippen LogP contribution in [0.25, 0.3) is 0 Å². The number of pyridine rings is 1. The largest absolute Gasteiger partial charge is 0.339 e. The van der Waals surface area contributed by atoms with E-state index < -0.39 is 0 Å². The maximum absolute atomic E-state index is 12.5. The summed E-state index contributed by atoms with van der Waals surface area (Å²) in [4.78, 5) is 22.9. The average molecular weight is 330 g/mol. The Morgan fingerprint density at radius 3 is 2.83 bits per heavy atom. The van der Waals surface area contributed by atoms with E-state index in [9.17, 15) is 4.79 Å². The van der Waals surface area contributed by atoms with Crippen LogP contribution in [-0.2, 0) is 17.6 Å². The van der Waals surface area contributed by atoms with Crippen molar-refractivity contribution < 1.29 is 9.32 Å². The quantitative estimate of drug-likeness (QED) is 0.705. The summed E-state index contributed by atoms with van der Waals surface area (Å²) in [5.74, 6) is 1.51. The van der Waals surface area contributed by atoms with Gasteiger partial charge in [0.1, 0.15) is 0 Å². The maximum Gasteiger partial charge on any atom is 0.226 e. The minimum absolute atomic E-state index is 0.0239. The molecule has 0 saturated carbocycles. The Morgan fingerprint density at radius 1 is 1.33 bits per heavy atom. The SMILES string of the molecule is CCCc1noc(CCCC(=O)N(CC)[C@H](C)c2cccnc2)n1. The van der Waals surface area contributed by atoms with Gasteiger partial charge < -0.3 is 9.42 Å². The minimum atomic E-state index is 0.0239. The molecule has 24 heavy (non-hydrogen) atoms. The standard InChI is InChI=1S/C18H26N4O2/c1-4-8-16-20-17(24-21-16)10-6-11-18(23)22(5-2)14(3)15-9-7-12-19-13-15/h7,9,12-14H,4-6,8,10-11H2,1-3H3/t14-/m1/s1. The van der Waals surface area contributed by atoms with Crippen LogP contribution in [0.5, 0.6) is 0 Å². The van der Waals surface area contributed by atoms with Gasteiger partial charge in [0.15, 0.2) is 5.82 Å². The smallest absolute Gasteiger partial charge is 0.226 e. The topological polar surface area (TPSA) is 72.1 Å². The van der Waals surface area contributed by atoms with Gasteiger partial charge in [-0.15, -0.1) is 0 Å². The predicted molar refractivity (Wildman–Crippen MR) is 91.3 cm³/mol. The second-order valence-corrected chi connectivity index (χ2v) is 5.85. The Hall–Kier alpha value is -2.24. The van der Waals surface area contributed by atoms with Gasteiger partial charge in [-0.2, -0.15) is 4.98 Å². The lowest BCUT2D eigenvalue weighted by Crippen LogP contribution is -2.33. The van der Waals surface area contributed by atoms with Gasteiger partial charge in [-0.3, -0.25) is 9.78 Å². The molecule has 0 unspecified atom stereocenters. The highest BCUT2D eigenvalue weighted by atomic mass is 16.5. The molecule has 0 aliphatic carbocycles. The van der Waals surface area contributed by atoms with Crippen molar-refractivity contribution in [1.29, 1.82) is 0 Å². The van der Waals surface area contributed by atoms with Crippen LogP contribution in [0, 0.1) is 0 Å². The molecule has 0 spiro atoms. The number of rotatable bonds is 9. The van der Waals surface area contributed by atoms with Crippen LogP contribution < -0.4 is 0 Å². The monoisotopic (exact) mass is 330 g/mol. The van der Waals surface area contributed by atoms with Crippen molar-refractivity contribution in [3.05, 3.63) is 41.8 Å². The van der Waals surface area contributed by atoms with Gasteiger partial charge in [0.25, 0.3) is 0 Å². The molecule has 0 aliphatic heterocycles. The molecule has 1 atom stereocenters. The molecule has 0 fully saturated rings. The van der Waals surface area contributed by atoms with E-state index in [4.69, 9.17) is 4.52 Å². The highest BCUT2D eigenvalue weighted by Crippen LogP contribution is 2.20. The highest BCUT2D eigenvalue weighted by molar-refractivity contribution is 5.76. The Kier molecular flexibility index (Phi) is 6.90. The summed E-state index contributed by atoms with van der Waals surface area (Å²) >= 11 is 0. The van der Waals surface area contributed by atoms with Crippen molar-refractivity contribution in [3.8, 4) is 0 Å². The minimum Gasteiger partial charge on any atom is -0.339 e. The third-order valence-electron chi connectivity index (χ3n) is 4.06. The molecule has 2 rings (SSSR count). The van der Waals surface area contributed by atoms with Gasteiger partial charge in [0.05, 0.1) is 6.04 Å². The van der Waals surface area contributed by atoms with Gasteiger partial charge in [-0.05, 0) is 38.3 Å². The molecule has 0 radical (unpaired) electrons. The molecule has 6 nitrogen and oxygen atoms in total. The molecule has 0 aliphatic rings. The number of aryl methyl sites for hydroxylation is 2. The Balaban J connectivity index is 1.85. The second-order valence-electron chi connectivity index (χ2n) is 5.85. The third-order valence-corrected chi connectivity index (χ3v) is 4.06. The fourth-order valence-corrected chi connectivity index (χ4v) is 2.72. The van der Waals surface area contributed by atoms with E-state index in [2.05, 4.69) is 22.0 Å². The number of carbonyl (C=O) groups excluding carboxylic acids is 1. The number of hydrogen-bond donors (Lipinski definition) is 0. The van der Waals surface area contributed by atoms with Crippen molar-refractivity contribution in [3.63, 3.8) is 0 Å². The first-order chi connectivity index (χ1) is 11.7. The first-order valence-electron chi connectivity index (χ1n) is 8.66. The van der Waals surface area contributed by atoms with E-state index in [1.165, 1.54) is 0 Å². The van der Waals surface area contributed by atoms with E-state index in [1.54, 1.807) is 6.20 Å². The fraction of sp³-hybridized carbons (Fsp3) is 0.556. The summed E-state index contributed by atoms with van der Waals surface area (Å²) < 4.78 is 5.21. The summed E-state index contributed by atoms with van der Waals surface area (Å²) in [5.41, 5.74) is 1.05. The average Bonchev–Trinajstić information content (AvgIpc) is 3.04. The molecule has 130 valence electrons.